The first-order chi connectivity index (χ1) is 37.3. The van der Waals surface area contributed by atoms with Gasteiger partial charge in [0, 0.05) is 104 Å². The quantitative estimate of drug-likeness (QED) is 0.0863. The van der Waals surface area contributed by atoms with Crippen molar-refractivity contribution >= 4 is 46.4 Å². The van der Waals surface area contributed by atoms with Crippen LogP contribution in [0.2, 0.25) is 0 Å². The van der Waals surface area contributed by atoms with Crippen LogP contribution >= 0.6 is 0 Å². The smallest absolute Gasteiger partial charge is 0.335 e. The van der Waals surface area contributed by atoms with Gasteiger partial charge in [-0.25, -0.2) is 13.6 Å². The number of carbonyl (C=O) groups is 4. The number of aromatic carboxylic acids is 1. The van der Waals surface area contributed by atoms with E-state index >= 15 is 8.78 Å². The molecule has 8 rings (SSSR count). The number of rotatable bonds is 18. The van der Waals surface area contributed by atoms with E-state index in [-0.39, 0.29) is 64.9 Å². The molecule has 0 unspecified atom stereocenters. The van der Waals surface area contributed by atoms with Gasteiger partial charge < -0.3 is 30.4 Å². The van der Waals surface area contributed by atoms with Gasteiger partial charge in [-0.2, -0.15) is 0 Å². The van der Waals surface area contributed by atoms with E-state index in [0.29, 0.717) is 16.8 Å². The highest BCUT2D eigenvalue weighted by molar-refractivity contribution is 5.96. The Hall–Kier alpha value is -7.42. The summed E-state index contributed by atoms with van der Waals surface area (Å²) in [7, 11) is 0. The molecule has 0 bridgehead atoms. The van der Waals surface area contributed by atoms with Crippen LogP contribution < -0.4 is 15.5 Å². The van der Waals surface area contributed by atoms with Crippen molar-refractivity contribution < 1.29 is 33.1 Å². The molecule has 0 saturated carbocycles. The molecule has 2 aliphatic rings. The maximum Gasteiger partial charge on any atom is 0.335 e. The monoisotopic (exact) mass is 1060 g/mol. The molecule has 2 fully saturated rings. The zero-order chi connectivity index (χ0) is 56.2. The van der Waals surface area contributed by atoms with Gasteiger partial charge in [0.25, 0.3) is 11.8 Å². The molecule has 3 N–H and O–H groups in total. The number of hydrogen-bond acceptors (Lipinski definition) is 8. The highest BCUT2D eigenvalue weighted by Gasteiger charge is 2.32. The van der Waals surface area contributed by atoms with Crippen LogP contribution in [-0.4, -0.2) is 111 Å². The number of nitrogens with zero attached hydrogens (tertiary/aromatic N) is 6. The Kier molecular flexibility index (Phi) is 20.0. The lowest BCUT2D eigenvalue weighted by Crippen LogP contribution is -2.43. The summed E-state index contributed by atoms with van der Waals surface area (Å²) in [4.78, 5) is 62.5. The van der Waals surface area contributed by atoms with Gasteiger partial charge in [0.05, 0.1) is 16.9 Å². The minimum Gasteiger partial charge on any atom is -0.478 e. The summed E-state index contributed by atoms with van der Waals surface area (Å²) >= 11 is 0. The van der Waals surface area contributed by atoms with E-state index in [2.05, 4.69) is 34.1 Å². The number of primary amides is 1. The largest absolute Gasteiger partial charge is 0.478 e. The molecule has 0 aromatic heterocycles. The summed E-state index contributed by atoms with van der Waals surface area (Å²) in [6, 6.07) is 43.7. The van der Waals surface area contributed by atoms with E-state index < -0.39 is 23.5 Å². The average molecular weight is 1060 g/mol. The topological polar surface area (TPSA) is 134 Å². The first-order valence-corrected chi connectivity index (χ1v) is 27.4. The molecule has 6 aromatic rings. The van der Waals surface area contributed by atoms with Crippen LogP contribution in [0.1, 0.15) is 134 Å². The van der Waals surface area contributed by atoms with E-state index in [1.165, 1.54) is 47.5 Å². The first-order valence-electron chi connectivity index (χ1n) is 27.4. The second-order valence-electron chi connectivity index (χ2n) is 21.6. The minimum absolute atomic E-state index is 0.0130. The van der Waals surface area contributed by atoms with Crippen LogP contribution in [-0.2, 0) is 13.1 Å². The number of carboxylic acids is 1. The summed E-state index contributed by atoms with van der Waals surface area (Å²) < 4.78 is 30.6. The number of amides is 3. The second-order valence-corrected chi connectivity index (χ2v) is 21.6. The summed E-state index contributed by atoms with van der Waals surface area (Å²) in [5.74, 6) is -2.68. The van der Waals surface area contributed by atoms with Gasteiger partial charge in [0.2, 0.25) is 5.91 Å². The van der Waals surface area contributed by atoms with Gasteiger partial charge >= 0.3 is 5.97 Å². The fraction of sp³-hybridized carbons (Fsp3) is 0.375. The average Bonchev–Trinajstić information content (AvgIpc) is 3.47. The van der Waals surface area contributed by atoms with Gasteiger partial charge in [-0.05, 0) is 177 Å². The van der Waals surface area contributed by atoms with Crippen molar-refractivity contribution in [2.24, 2.45) is 5.73 Å². The Labute approximate surface area is 460 Å². The van der Waals surface area contributed by atoms with Crippen LogP contribution in [0.3, 0.4) is 0 Å². The van der Waals surface area contributed by atoms with Gasteiger partial charge in [0.15, 0.2) is 0 Å². The lowest BCUT2D eigenvalue weighted by molar-refractivity contribution is 0.0634. The lowest BCUT2D eigenvalue weighted by atomic mass is 9.99. The molecule has 2 aliphatic heterocycles. The Morgan fingerprint density at radius 2 is 0.808 bits per heavy atom. The molecule has 0 radical (unpaired) electrons. The van der Waals surface area contributed by atoms with Gasteiger partial charge in [-0.3, -0.25) is 24.2 Å². The van der Waals surface area contributed by atoms with Crippen molar-refractivity contribution in [3.63, 3.8) is 0 Å². The molecule has 12 nitrogen and oxygen atoms in total. The third kappa shape index (κ3) is 14.6. The summed E-state index contributed by atoms with van der Waals surface area (Å²) in [5, 5.41) is 9.59. The molecule has 0 atom stereocenters. The third-order valence-electron chi connectivity index (χ3n) is 14.8. The van der Waals surface area contributed by atoms with Crippen molar-refractivity contribution in [3.8, 4) is 0 Å². The zero-order valence-corrected chi connectivity index (χ0v) is 46.5. The molecule has 2 heterocycles. The summed E-state index contributed by atoms with van der Waals surface area (Å²) in [6.07, 6.45) is 3.22. The number of likely N-dealkylation sites (tertiary alicyclic amines) is 2. The van der Waals surface area contributed by atoms with Crippen molar-refractivity contribution in [2.75, 3.05) is 36.0 Å². The van der Waals surface area contributed by atoms with Gasteiger partial charge in [-0.1, -0.05) is 60.7 Å². The SMILES string of the molecule is CC(C)N(C(=O)c1ccc(N(c2cc(C(=O)O)ccc2F)C2CCN(Cc3ccccc3)CC2)cc1)C(C)C.CC(C)N(C(=O)c1ccc(N(c2cc(C(N)=O)ccc2F)C2CCN(Cc3ccccc3)CC2)cc1)C(C)C. The van der Waals surface area contributed by atoms with E-state index in [9.17, 15) is 24.3 Å². The predicted molar refractivity (Wildman–Crippen MR) is 308 cm³/mol. The van der Waals surface area contributed by atoms with Crippen molar-refractivity contribution in [3.05, 3.63) is 191 Å². The maximum atomic E-state index is 15.3. The van der Waals surface area contributed by atoms with E-state index in [4.69, 9.17) is 5.73 Å². The van der Waals surface area contributed by atoms with Crippen LogP contribution in [0.4, 0.5) is 31.5 Å². The number of carbonyl (C=O) groups excluding carboxylic acids is 3. The standard InChI is InChI=1S/C32H39FN4O2.C32H38FN3O3/c1-22(2)36(23(3)4)32(39)25-10-13-27(14-11-25)37(30-20-26(31(34)38)12-15-29(30)33)28-16-18-35(19-17-28)21-24-8-6-5-7-9-24;1-22(2)35(23(3)4)31(37)25-10-13-27(14-11-25)36(30-20-26(32(38)39)12-15-29(30)33)28-16-18-34(19-17-28)21-24-8-6-5-7-9-24/h5-15,20,22-23,28H,16-19,21H2,1-4H3,(H2,34,38);5-15,20,22-23,28H,16-19,21H2,1-4H3,(H,38,39). The Balaban J connectivity index is 0.000000226. The van der Waals surface area contributed by atoms with Gasteiger partial charge in [-0.15, -0.1) is 0 Å². The fourth-order valence-corrected chi connectivity index (χ4v) is 11.1. The molecule has 0 spiro atoms. The molecule has 14 heteroatoms. The molecule has 6 aromatic carbocycles. The maximum absolute atomic E-state index is 15.3. The normalized spacial score (nSPS) is 14.5. The first kappa shape index (κ1) is 58.3. The molecule has 2 saturated heterocycles. The number of anilines is 4. The van der Waals surface area contributed by atoms with E-state index in [0.717, 1.165) is 76.3 Å². The number of benzene rings is 6. The summed E-state index contributed by atoms with van der Waals surface area (Å²) in [6.45, 7) is 21.1. The highest BCUT2D eigenvalue weighted by atomic mass is 19.1. The van der Waals surface area contributed by atoms with Crippen molar-refractivity contribution in [1.82, 2.24) is 19.6 Å². The molecule has 412 valence electrons. The van der Waals surface area contributed by atoms with Crippen LogP contribution in [0.15, 0.2) is 146 Å². The fourth-order valence-electron chi connectivity index (χ4n) is 11.1. The highest BCUT2D eigenvalue weighted by Crippen LogP contribution is 2.37. The number of halogens is 2. The van der Waals surface area contributed by atoms with Crippen molar-refractivity contribution in [1.29, 1.82) is 0 Å². The second kappa shape index (κ2) is 26.8. The van der Waals surface area contributed by atoms with Gasteiger partial charge in [0.1, 0.15) is 11.6 Å². The van der Waals surface area contributed by atoms with E-state index in [1.54, 1.807) is 12.1 Å². The third-order valence-corrected chi connectivity index (χ3v) is 14.8. The summed E-state index contributed by atoms with van der Waals surface area (Å²) in [5.41, 5.74) is 11.6. The van der Waals surface area contributed by atoms with E-state index in [1.807, 2.05) is 148 Å². The molecule has 78 heavy (non-hydrogen) atoms. The Morgan fingerprint density at radius 1 is 0.487 bits per heavy atom. The molecule has 0 aliphatic carbocycles. The minimum atomic E-state index is -1.10. The van der Waals surface area contributed by atoms with Crippen LogP contribution in [0.25, 0.3) is 0 Å². The Bertz CT molecular complexity index is 2720. The van der Waals surface area contributed by atoms with Crippen LogP contribution in [0.5, 0.6) is 0 Å². The predicted octanol–water partition coefficient (Wildman–Crippen LogP) is 12.6. The zero-order valence-electron chi connectivity index (χ0n) is 46.5. The molecule has 3 amide bonds. The number of hydrogen-bond donors (Lipinski definition) is 2. The number of carboxylic acid groups (broad SMARTS) is 1. The number of nitrogens with two attached hydrogens (primary N) is 1. The molecular weight excluding hydrogens is 985 g/mol. The van der Waals surface area contributed by atoms with Crippen LogP contribution in [0, 0.1) is 11.6 Å². The number of piperidine rings is 2. The Morgan fingerprint density at radius 3 is 1.13 bits per heavy atom. The van der Waals surface area contributed by atoms with Crippen molar-refractivity contribution in [2.45, 2.75) is 130 Å². The molecular formula is C64H77F2N7O5. The lowest BCUT2D eigenvalue weighted by Gasteiger charge is -2.40.